The molecule has 0 spiro atoms. The molecule has 9 heteroatoms. The molecule has 0 bridgehead atoms. The van der Waals surface area contributed by atoms with Crippen LogP contribution < -0.4 is 16.0 Å². The van der Waals surface area contributed by atoms with E-state index in [1.54, 1.807) is 5.43 Å². The number of nitrogen functional groups attached to an aromatic ring is 1. The van der Waals surface area contributed by atoms with Gasteiger partial charge >= 0.3 is 6.18 Å². The molecule has 0 atom stereocenters. The Hall–Kier alpha value is -1.58. The zero-order chi connectivity index (χ0) is 20.2. The van der Waals surface area contributed by atoms with Crippen molar-refractivity contribution in [2.24, 2.45) is 5.84 Å². The van der Waals surface area contributed by atoms with Gasteiger partial charge in [-0.1, -0.05) is 20.8 Å². The van der Waals surface area contributed by atoms with Crippen LogP contribution in [-0.2, 0) is 10.6 Å². The van der Waals surface area contributed by atoms with E-state index in [2.05, 4.69) is 33.9 Å². The third kappa shape index (κ3) is 5.99. The van der Waals surface area contributed by atoms with Crippen LogP contribution in [0.1, 0.15) is 43.1 Å². The van der Waals surface area contributed by atoms with E-state index >= 15 is 0 Å². The smallest absolute Gasteiger partial charge is 0.419 e. The minimum absolute atomic E-state index is 0.0662. The number of halogens is 3. The third-order valence-corrected chi connectivity index (χ3v) is 9.03. The van der Waals surface area contributed by atoms with Crippen LogP contribution in [0.25, 0.3) is 0 Å². The maximum atomic E-state index is 13.2. The van der Waals surface area contributed by atoms with Gasteiger partial charge in [-0.15, -0.1) is 0 Å². The number of carbonyl (C=O) groups is 1. The first kappa shape index (κ1) is 22.5. The monoisotopic (exact) mass is 392 g/mol. The van der Waals surface area contributed by atoms with Gasteiger partial charge in [-0.25, -0.2) is 5.84 Å². The van der Waals surface area contributed by atoms with Crippen LogP contribution in [0, 0.1) is 0 Å². The normalized spacial score (nSPS) is 12.8. The van der Waals surface area contributed by atoms with Crippen LogP contribution >= 0.6 is 0 Å². The van der Waals surface area contributed by atoms with Crippen molar-refractivity contribution in [3.63, 3.8) is 0 Å². The Labute approximate surface area is 153 Å². The van der Waals surface area contributed by atoms with E-state index in [-0.39, 0.29) is 23.0 Å². The minimum atomic E-state index is -4.64. The highest BCUT2D eigenvalue weighted by Gasteiger charge is 2.37. The lowest BCUT2D eigenvalue weighted by Gasteiger charge is -2.36. The van der Waals surface area contributed by atoms with Crippen molar-refractivity contribution in [3.8, 4) is 5.75 Å². The minimum Gasteiger partial charge on any atom is -0.493 e. The molecule has 3 N–H and O–H groups in total. The molecule has 0 unspecified atom stereocenters. The molecular formula is C17H27F3N2O3Si. The molecule has 26 heavy (non-hydrogen) atoms. The molecule has 0 aliphatic heterocycles. The molecule has 1 rings (SSSR count). The van der Waals surface area contributed by atoms with Gasteiger partial charge in [-0.3, -0.25) is 10.2 Å². The van der Waals surface area contributed by atoms with E-state index in [0.717, 1.165) is 12.1 Å². The Bertz CT molecular complexity index is 629. The molecule has 0 saturated heterocycles. The Balaban J connectivity index is 2.72. The molecule has 0 heterocycles. The average molecular weight is 392 g/mol. The maximum Gasteiger partial charge on any atom is 0.419 e. The van der Waals surface area contributed by atoms with Crippen LogP contribution in [0.3, 0.4) is 0 Å². The first-order valence-electron chi connectivity index (χ1n) is 8.28. The summed E-state index contributed by atoms with van der Waals surface area (Å²) in [5.74, 6) is 3.84. The highest BCUT2D eigenvalue weighted by atomic mass is 28.4. The van der Waals surface area contributed by atoms with Crippen molar-refractivity contribution in [1.82, 2.24) is 5.43 Å². The standard InChI is InChI=1S/C17H27F3N2O3Si/c1-16(2,3)26(4,5)25-10-6-9-24-14-8-7-12(15(23)22-21)11-13(14)17(18,19)20/h7-8,11H,6,9-10,21H2,1-5H3,(H,22,23). The topological polar surface area (TPSA) is 73.6 Å². The molecule has 0 saturated carbocycles. The zero-order valence-corrected chi connectivity index (χ0v) is 16.8. The predicted octanol–water partition coefficient (Wildman–Crippen LogP) is 4.10. The van der Waals surface area contributed by atoms with Crippen LogP contribution in [0.15, 0.2) is 18.2 Å². The lowest BCUT2D eigenvalue weighted by molar-refractivity contribution is -0.139. The number of ether oxygens (including phenoxy) is 1. The molecule has 0 aliphatic carbocycles. The predicted molar refractivity (Wildman–Crippen MR) is 96.4 cm³/mol. The highest BCUT2D eigenvalue weighted by Crippen LogP contribution is 2.38. The van der Waals surface area contributed by atoms with Crippen LogP contribution in [0.5, 0.6) is 5.75 Å². The Morgan fingerprint density at radius 1 is 1.19 bits per heavy atom. The van der Waals surface area contributed by atoms with Gasteiger partial charge in [0.2, 0.25) is 0 Å². The number of carbonyl (C=O) groups excluding carboxylic acids is 1. The van der Waals surface area contributed by atoms with Crippen LogP contribution in [0.2, 0.25) is 18.1 Å². The Morgan fingerprint density at radius 2 is 1.81 bits per heavy atom. The second-order valence-electron chi connectivity index (χ2n) is 7.49. The van der Waals surface area contributed by atoms with E-state index in [9.17, 15) is 18.0 Å². The summed E-state index contributed by atoms with van der Waals surface area (Å²) in [5.41, 5.74) is 0.609. The van der Waals surface area contributed by atoms with Crippen LogP contribution in [-0.4, -0.2) is 27.4 Å². The van der Waals surface area contributed by atoms with E-state index in [1.165, 1.54) is 6.07 Å². The average Bonchev–Trinajstić information content (AvgIpc) is 2.51. The van der Waals surface area contributed by atoms with Crippen LogP contribution in [0.4, 0.5) is 13.2 Å². The lowest BCUT2D eigenvalue weighted by Crippen LogP contribution is -2.41. The number of nitrogens with one attached hydrogen (secondary N) is 1. The first-order chi connectivity index (χ1) is 11.8. The second kappa shape index (κ2) is 8.41. The maximum absolute atomic E-state index is 13.2. The molecule has 1 amide bonds. The molecule has 0 radical (unpaired) electrons. The second-order valence-corrected chi connectivity index (χ2v) is 12.3. The third-order valence-electron chi connectivity index (χ3n) is 4.49. The van der Waals surface area contributed by atoms with Gasteiger partial charge in [0.1, 0.15) is 5.75 Å². The molecule has 0 aromatic heterocycles. The molecule has 0 aliphatic rings. The summed E-state index contributed by atoms with van der Waals surface area (Å²) in [6.45, 7) is 11.1. The largest absolute Gasteiger partial charge is 0.493 e. The van der Waals surface area contributed by atoms with Gasteiger partial charge in [0.15, 0.2) is 8.32 Å². The van der Waals surface area contributed by atoms with Crippen molar-refractivity contribution >= 4 is 14.2 Å². The molecule has 1 aromatic carbocycles. The van der Waals surface area contributed by atoms with Gasteiger partial charge in [0.05, 0.1) is 12.2 Å². The van der Waals surface area contributed by atoms with E-state index < -0.39 is 26.0 Å². The number of rotatable bonds is 7. The lowest BCUT2D eigenvalue weighted by atomic mass is 10.1. The number of hydrazine groups is 1. The summed E-state index contributed by atoms with van der Waals surface area (Å²) in [6.07, 6.45) is -4.17. The Morgan fingerprint density at radius 3 is 2.31 bits per heavy atom. The van der Waals surface area contributed by atoms with Crippen molar-refractivity contribution in [3.05, 3.63) is 29.3 Å². The number of hydrogen-bond acceptors (Lipinski definition) is 4. The Kier molecular flexibility index (Phi) is 7.26. The summed E-state index contributed by atoms with van der Waals surface area (Å²) in [7, 11) is -1.89. The van der Waals surface area contributed by atoms with Crippen molar-refractivity contribution in [2.75, 3.05) is 13.2 Å². The quantitative estimate of drug-likeness (QED) is 0.241. The summed E-state index contributed by atoms with van der Waals surface area (Å²) >= 11 is 0. The molecule has 1 aromatic rings. The highest BCUT2D eigenvalue weighted by molar-refractivity contribution is 6.74. The number of alkyl halides is 3. The van der Waals surface area contributed by atoms with Gasteiger partial charge in [-0.2, -0.15) is 13.2 Å². The number of hydrogen-bond donors (Lipinski definition) is 2. The summed E-state index contributed by atoms with van der Waals surface area (Å²) in [5, 5.41) is 0.0662. The van der Waals surface area contributed by atoms with Crippen molar-refractivity contribution < 1.29 is 27.1 Å². The van der Waals surface area contributed by atoms with E-state index in [0.29, 0.717) is 13.0 Å². The summed E-state index contributed by atoms with van der Waals surface area (Å²) in [4.78, 5) is 11.4. The fourth-order valence-corrected chi connectivity index (χ4v) is 2.97. The first-order valence-corrected chi connectivity index (χ1v) is 11.2. The van der Waals surface area contributed by atoms with Gasteiger partial charge < -0.3 is 9.16 Å². The van der Waals surface area contributed by atoms with Gasteiger partial charge in [0.25, 0.3) is 5.91 Å². The number of amides is 1. The summed E-state index contributed by atoms with van der Waals surface area (Å²) in [6, 6.07) is 3.09. The molecule has 148 valence electrons. The molecule has 5 nitrogen and oxygen atoms in total. The molecular weight excluding hydrogens is 365 g/mol. The van der Waals surface area contributed by atoms with E-state index in [4.69, 9.17) is 15.0 Å². The van der Waals surface area contributed by atoms with E-state index in [1.807, 2.05) is 0 Å². The SMILES string of the molecule is CC(C)(C)[Si](C)(C)OCCCOc1ccc(C(=O)NN)cc1C(F)(F)F. The van der Waals surface area contributed by atoms with Gasteiger partial charge in [-0.05, 0) is 36.3 Å². The zero-order valence-electron chi connectivity index (χ0n) is 15.8. The number of benzene rings is 1. The van der Waals surface area contributed by atoms with Crippen molar-refractivity contribution in [2.45, 2.75) is 51.5 Å². The fourth-order valence-electron chi connectivity index (χ4n) is 1.89. The van der Waals surface area contributed by atoms with Crippen molar-refractivity contribution in [1.29, 1.82) is 0 Å². The number of nitrogens with two attached hydrogens (primary N) is 1. The molecule has 0 fully saturated rings. The van der Waals surface area contributed by atoms with Gasteiger partial charge in [0, 0.05) is 18.6 Å². The fraction of sp³-hybridized carbons (Fsp3) is 0.588. The summed E-state index contributed by atoms with van der Waals surface area (Å²) < 4.78 is 50.8.